The lowest BCUT2D eigenvalue weighted by molar-refractivity contribution is 0.112. The van der Waals surface area contributed by atoms with E-state index in [0.717, 1.165) is 31.0 Å². The van der Waals surface area contributed by atoms with Crippen LogP contribution < -0.4 is 0 Å². The highest BCUT2D eigenvalue weighted by molar-refractivity contribution is 6.31. The number of halogens is 1. The summed E-state index contributed by atoms with van der Waals surface area (Å²) in [7, 11) is 0. The van der Waals surface area contributed by atoms with Crippen molar-refractivity contribution in [3.63, 3.8) is 0 Å². The van der Waals surface area contributed by atoms with Gasteiger partial charge in [0.1, 0.15) is 0 Å². The molecule has 1 N–H and O–H groups in total. The molecule has 1 atom stereocenters. The Morgan fingerprint density at radius 1 is 1.09 bits per heavy atom. The van der Waals surface area contributed by atoms with Gasteiger partial charge in [0.15, 0.2) is 0 Å². The Labute approximate surface area is 141 Å². The zero-order chi connectivity index (χ0) is 15.6. The fourth-order valence-corrected chi connectivity index (χ4v) is 4.80. The van der Waals surface area contributed by atoms with Crippen molar-refractivity contribution >= 4 is 22.5 Å². The van der Waals surface area contributed by atoms with Crippen LogP contribution in [0.15, 0.2) is 42.5 Å². The Balaban J connectivity index is 1.83. The molecule has 0 bridgehead atoms. The molecule has 0 saturated carbocycles. The van der Waals surface area contributed by atoms with Gasteiger partial charge in [-0.05, 0) is 54.7 Å². The largest absolute Gasteiger partial charge is 0.356 e. The van der Waals surface area contributed by atoms with E-state index < -0.39 is 0 Å². The van der Waals surface area contributed by atoms with Crippen LogP contribution in [0, 0.1) is 0 Å². The first-order valence-corrected chi connectivity index (χ1v) is 8.70. The van der Waals surface area contributed by atoms with Crippen molar-refractivity contribution in [2.45, 2.75) is 25.3 Å². The van der Waals surface area contributed by atoms with Gasteiger partial charge in [-0.1, -0.05) is 35.9 Å². The van der Waals surface area contributed by atoms with Gasteiger partial charge in [-0.3, -0.25) is 4.90 Å². The van der Waals surface area contributed by atoms with E-state index in [1.807, 2.05) is 6.07 Å². The lowest BCUT2D eigenvalue weighted by Gasteiger charge is -2.49. The third-order valence-electron chi connectivity index (χ3n) is 5.81. The molecule has 1 unspecified atom stereocenters. The van der Waals surface area contributed by atoms with E-state index in [9.17, 15) is 0 Å². The van der Waals surface area contributed by atoms with Gasteiger partial charge in [0.2, 0.25) is 0 Å². The van der Waals surface area contributed by atoms with Gasteiger partial charge in [-0.2, -0.15) is 0 Å². The Morgan fingerprint density at radius 3 is 2.83 bits per heavy atom. The van der Waals surface area contributed by atoms with Crippen LogP contribution in [0.3, 0.4) is 0 Å². The van der Waals surface area contributed by atoms with Crippen molar-refractivity contribution in [3.05, 3.63) is 69.9 Å². The second-order valence-electron chi connectivity index (χ2n) is 6.88. The predicted molar refractivity (Wildman–Crippen MR) is 95.2 cm³/mol. The summed E-state index contributed by atoms with van der Waals surface area (Å²) in [6, 6.07) is 15.1. The zero-order valence-corrected chi connectivity index (χ0v) is 14.0. The lowest BCUT2D eigenvalue weighted by atomic mass is 9.75. The monoisotopic (exact) mass is 322 g/mol. The predicted octanol–water partition coefficient (Wildman–Crippen LogP) is 4.50. The fourth-order valence-electron chi connectivity index (χ4n) is 4.63. The third-order valence-corrected chi connectivity index (χ3v) is 6.05. The molecule has 2 aliphatic rings. The number of benzene rings is 2. The molecule has 2 aliphatic heterocycles. The van der Waals surface area contributed by atoms with Gasteiger partial charge < -0.3 is 4.98 Å². The summed E-state index contributed by atoms with van der Waals surface area (Å²) in [6.07, 6.45) is 2.24. The van der Waals surface area contributed by atoms with Crippen molar-refractivity contribution < 1.29 is 0 Å². The molecule has 2 aromatic carbocycles. The highest BCUT2D eigenvalue weighted by Gasteiger charge is 2.45. The first kappa shape index (κ1) is 13.6. The average molecular weight is 323 g/mol. The molecular weight excluding hydrogens is 304 g/mol. The van der Waals surface area contributed by atoms with Gasteiger partial charge in [-0.25, -0.2) is 0 Å². The SMILES string of the molecule is CC12c3ccccc3CCN1CCc1c2[nH]c2ccc(Cl)cc12. The molecule has 0 fully saturated rings. The Hall–Kier alpha value is -1.77. The summed E-state index contributed by atoms with van der Waals surface area (Å²) in [5.74, 6) is 0. The van der Waals surface area contributed by atoms with E-state index in [1.54, 1.807) is 0 Å². The van der Waals surface area contributed by atoms with Crippen LogP contribution in [0.2, 0.25) is 5.02 Å². The van der Waals surface area contributed by atoms with Crippen LogP contribution in [0.4, 0.5) is 0 Å². The van der Waals surface area contributed by atoms with Gasteiger partial charge in [0.05, 0.1) is 5.54 Å². The summed E-state index contributed by atoms with van der Waals surface area (Å²) in [4.78, 5) is 6.36. The number of hydrogen-bond acceptors (Lipinski definition) is 1. The van der Waals surface area contributed by atoms with Crippen LogP contribution in [-0.2, 0) is 18.4 Å². The van der Waals surface area contributed by atoms with Crippen LogP contribution in [-0.4, -0.2) is 23.0 Å². The molecule has 0 spiro atoms. The van der Waals surface area contributed by atoms with Crippen molar-refractivity contribution in [1.82, 2.24) is 9.88 Å². The van der Waals surface area contributed by atoms with Crippen molar-refractivity contribution in [2.75, 3.05) is 13.1 Å². The first-order chi connectivity index (χ1) is 11.2. The molecule has 0 aliphatic carbocycles. The highest BCUT2D eigenvalue weighted by atomic mass is 35.5. The van der Waals surface area contributed by atoms with Gasteiger partial charge in [0, 0.05) is 34.7 Å². The number of fused-ring (bicyclic) bond motifs is 7. The smallest absolute Gasteiger partial charge is 0.0844 e. The number of nitrogens with one attached hydrogen (secondary N) is 1. The molecule has 3 heterocycles. The number of rotatable bonds is 0. The number of aromatic amines is 1. The summed E-state index contributed by atoms with van der Waals surface area (Å²) in [6.45, 7) is 4.61. The molecule has 0 amide bonds. The average Bonchev–Trinajstić information content (AvgIpc) is 2.94. The minimum Gasteiger partial charge on any atom is -0.356 e. The molecule has 5 rings (SSSR count). The lowest BCUT2D eigenvalue weighted by Crippen LogP contribution is -2.53. The molecule has 3 heteroatoms. The van der Waals surface area contributed by atoms with Crippen LogP contribution in [0.25, 0.3) is 10.9 Å². The maximum absolute atomic E-state index is 6.25. The molecule has 3 aromatic rings. The second-order valence-corrected chi connectivity index (χ2v) is 7.32. The van der Waals surface area contributed by atoms with Crippen LogP contribution >= 0.6 is 11.6 Å². The van der Waals surface area contributed by atoms with Crippen LogP contribution in [0.1, 0.15) is 29.3 Å². The normalized spacial score (nSPS) is 23.4. The highest BCUT2D eigenvalue weighted by Crippen LogP contribution is 2.46. The van der Waals surface area contributed by atoms with Crippen molar-refractivity contribution in [3.8, 4) is 0 Å². The zero-order valence-electron chi connectivity index (χ0n) is 13.2. The fraction of sp³-hybridized carbons (Fsp3) is 0.300. The summed E-state index contributed by atoms with van der Waals surface area (Å²) in [5.41, 5.74) is 6.87. The van der Waals surface area contributed by atoms with Gasteiger partial charge in [0.25, 0.3) is 0 Å². The quantitative estimate of drug-likeness (QED) is 0.645. The Morgan fingerprint density at radius 2 is 1.91 bits per heavy atom. The summed E-state index contributed by atoms with van der Waals surface area (Å²) in [5, 5.41) is 2.10. The summed E-state index contributed by atoms with van der Waals surface area (Å²) >= 11 is 6.25. The van der Waals surface area contributed by atoms with Crippen molar-refractivity contribution in [2.24, 2.45) is 0 Å². The molecule has 1 aromatic heterocycles. The van der Waals surface area contributed by atoms with E-state index in [0.29, 0.717) is 0 Å². The Bertz CT molecular complexity index is 927. The molecule has 116 valence electrons. The number of nitrogens with zero attached hydrogens (tertiary/aromatic N) is 1. The third kappa shape index (κ3) is 1.74. The maximum Gasteiger partial charge on any atom is 0.0844 e. The van der Waals surface area contributed by atoms with E-state index in [-0.39, 0.29) is 5.54 Å². The molecule has 23 heavy (non-hydrogen) atoms. The van der Waals surface area contributed by atoms with Gasteiger partial charge in [-0.15, -0.1) is 0 Å². The number of H-pyrrole nitrogens is 1. The van der Waals surface area contributed by atoms with Crippen LogP contribution in [0.5, 0.6) is 0 Å². The van der Waals surface area contributed by atoms with E-state index in [1.165, 1.54) is 33.3 Å². The maximum atomic E-state index is 6.25. The van der Waals surface area contributed by atoms with Gasteiger partial charge >= 0.3 is 0 Å². The molecule has 0 radical (unpaired) electrons. The van der Waals surface area contributed by atoms with Crippen molar-refractivity contribution in [1.29, 1.82) is 0 Å². The molecular formula is C20H19ClN2. The van der Waals surface area contributed by atoms with E-state index in [2.05, 4.69) is 53.2 Å². The molecule has 0 saturated heterocycles. The topological polar surface area (TPSA) is 19.0 Å². The van der Waals surface area contributed by atoms with E-state index in [4.69, 9.17) is 11.6 Å². The second kappa shape index (κ2) is 4.62. The molecule has 2 nitrogen and oxygen atoms in total. The summed E-state index contributed by atoms with van der Waals surface area (Å²) < 4.78 is 0. The number of aromatic nitrogens is 1. The minimum atomic E-state index is -0.0616. The first-order valence-electron chi connectivity index (χ1n) is 8.32. The number of hydrogen-bond donors (Lipinski definition) is 1. The minimum absolute atomic E-state index is 0.0616. The standard InChI is InChI=1S/C20H19ClN2/c1-20-17-5-3-2-4-13(17)8-10-23(20)11-9-15-16-12-14(21)6-7-18(16)22-19(15)20/h2-7,12,22H,8-11H2,1H3. The van der Waals surface area contributed by atoms with E-state index >= 15 is 0 Å². The Kier molecular flexibility index (Phi) is 2.74.